The van der Waals surface area contributed by atoms with E-state index in [1.54, 1.807) is 0 Å². The fourth-order valence-electron chi connectivity index (χ4n) is 1.62. The average Bonchev–Trinajstić information content (AvgIpc) is 2.79. The lowest BCUT2D eigenvalue weighted by Crippen LogP contribution is -2.16. The number of carbonyl (C=O) groups is 1. The van der Waals surface area contributed by atoms with Crippen molar-refractivity contribution < 1.29 is 23.1 Å². The molecule has 21 heavy (non-hydrogen) atoms. The molecule has 0 atom stereocenters. The van der Waals surface area contributed by atoms with E-state index in [1.165, 1.54) is 26.3 Å². The van der Waals surface area contributed by atoms with Crippen LogP contribution < -0.4 is 9.46 Å². The molecule has 9 nitrogen and oxygen atoms in total. The maximum atomic E-state index is 12.2. The van der Waals surface area contributed by atoms with Crippen molar-refractivity contribution in [3.05, 3.63) is 30.2 Å². The Morgan fingerprint density at radius 1 is 1.38 bits per heavy atom. The van der Waals surface area contributed by atoms with E-state index >= 15 is 0 Å². The van der Waals surface area contributed by atoms with Gasteiger partial charge in [-0.15, -0.1) is 0 Å². The van der Waals surface area contributed by atoms with Crippen molar-refractivity contribution in [3.63, 3.8) is 0 Å². The maximum Gasteiger partial charge on any atom is 0.356 e. The molecule has 2 aromatic rings. The Hall–Kier alpha value is -2.62. The third kappa shape index (κ3) is 2.94. The molecular formula is C11H12N4O5S. The number of sulfonamides is 1. The Bertz CT molecular complexity index is 766. The topological polar surface area (TPSA) is 123 Å². The van der Waals surface area contributed by atoms with Crippen LogP contribution in [0.25, 0.3) is 0 Å². The number of rotatable bonds is 5. The second-order valence-corrected chi connectivity index (χ2v) is 5.66. The van der Waals surface area contributed by atoms with Gasteiger partial charge in [0, 0.05) is 13.1 Å². The van der Waals surface area contributed by atoms with Crippen molar-refractivity contribution in [3.8, 4) is 5.88 Å². The fraction of sp³-hybridized carbons (Fsp3) is 0.182. The Balaban J connectivity index is 2.35. The van der Waals surface area contributed by atoms with Gasteiger partial charge in [-0.3, -0.25) is 9.40 Å². The summed E-state index contributed by atoms with van der Waals surface area (Å²) < 4.78 is 32.4. The van der Waals surface area contributed by atoms with Crippen LogP contribution in [-0.2, 0) is 17.1 Å². The van der Waals surface area contributed by atoms with Crippen molar-refractivity contribution in [2.24, 2.45) is 7.05 Å². The van der Waals surface area contributed by atoms with Crippen LogP contribution >= 0.6 is 0 Å². The molecule has 2 heterocycles. The second kappa shape index (κ2) is 5.40. The van der Waals surface area contributed by atoms with Gasteiger partial charge in [0.1, 0.15) is 10.6 Å². The highest BCUT2D eigenvalue weighted by Crippen LogP contribution is 2.20. The predicted molar refractivity (Wildman–Crippen MR) is 71.8 cm³/mol. The van der Waals surface area contributed by atoms with E-state index in [0.29, 0.717) is 0 Å². The van der Waals surface area contributed by atoms with Crippen molar-refractivity contribution in [1.82, 2.24) is 14.8 Å². The first-order valence-electron chi connectivity index (χ1n) is 5.63. The molecule has 0 fully saturated rings. The van der Waals surface area contributed by atoms with E-state index in [2.05, 4.69) is 14.8 Å². The minimum Gasteiger partial charge on any atom is -0.481 e. The minimum atomic E-state index is -3.97. The Kier molecular flexibility index (Phi) is 3.80. The smallest absolute Gasteiger partial charge is 0.356 e. The number of aryl methyl sites for hydroxylation is 1. The molecule has 0 radical (unpaired) electrons. The van der Waals surface area contributed by atoms with Crippen molar-refractivity contribution >= 4 is 21.7 Å². The van der Waals surface area contributed by atoms with E-state index in [4.69, 9.17) is 9.84 Å². The molecule has 0 aliphatic carbocycles. The van der Waals surface area contributed by atoms with Gasteiger partial charge < -0.3 is 9.84 Å². The number of nitrogens with one attached hydrogen (secondary N) is 1. The number of anilines is 1. The lowest BCUT2D eigenvalue weighted by molar-refractivity contribution is 0.0686. The van der Waals surface area contributed by atoms with Crippen LogP contribution in [0.15, 0.2) is 29.4 Å². The molecule has 2 N–H and O–H groups in total. The van der Waals surface area contributed by atoms with Crippen LogP contribution in [0.3, 0.4) is 0 Å². The summed E-state index contributed by atoms with van der Waals surface area (Å²) in [6.45, 7) is 0. The van der Waals surface area contributed by atoms with E-state index in [9.17, 15) is 13.2 Å². The number of pyridine rings is 1. The van der Waals surface area contributed by atoms with E-state index in [0.717, 1.165) is 17.1 Å². The molecule has 0 bridgehead atoms. The van der Waals surface area contributed by atoms with Crippen LogP contribution in [0.2, 0.25) is 0 Å². The zero-order valence-corrected chi connectivity index (χ0v) is 12.0. The number of carboxylic acids is 1. The van der Waals surface area contributed by atoms with Crippen molar-refractivity contribution in [2.75, 3.05) is 11.8 Å². The van der Waals surface area contributed by atoms with Gasteiger partial charge in [0.05, 0.1) is 19.5 Å². The molecule has 2 aromatic heterocycles. The summed E-state index contributed by atoms with van der Waals surface area (Å²) >= 11 is 0. The van der Waals surface area contributed by atoms with Gasteiger partial charge in [0.25, 0.3) is 10.0 Å². The molecule has 2 rings (SSSR count). The Labute approximate surface area is 120 Å². The van der Waals surface area contributed by atoms with Gasteiger partial charge in [-0.05, 0) is 6.07 Å². The molecule has 0 saturated heterocycles. The summed E-state index contributed by atoms with van der Waals surface area (Å²) in [7, 11) is -1.16. The predicted octanol–water partition coefficient (Wildman–Crippen LogP) is 0.323. The quantitative estimate of drug-likeness (QED) is 0.815. The number of nitrogens with zero attached hydrogens (tertiary/aromatic N) is 3. The van der Waals surface area contributed by atoms with E-state index in [-0.39, 0.29) is 22.2 Å². The first kappa shape index (κ1) is 14.8. The SMILES string of the molecule is COc1ccc(S(=O)(=O)Nc2cnn(C)c2C(=O)O)cn1. The highest BCUT2D eigenvalue weighted by Gasteiger charge is 2.22. The Morgan fingerprint density at radius 3 is 2.62 bits per heavy atom. The van der Waals surface area contributed by atoms with Crippen LogP contribution in [0.4, 0.5) is 5.69 Å². The summed E-state index contributed by atoms with van der Waals surface area (Å²) in [6, 6.07) is 2.68. The first-order valence-corrected chi connectivity index (χ1v) is 7.11. The highest BCUT2D eigenvalue weighted by atomic mass is 32.2. The lowest BCUT2D eigenvalue weighted by Gasteiger charge is -2.07. The fourth-order valence-corrected chi connectivity index (χ4v) is 2.61. The minimum absolute atomic E-state index is 0.122. The molecule has 10 heteroatoms. The zero-order chi connectivity index (χ0) is 15.6. The highest BCUT2D eigenvalue weighted by molar-refractivity contribution is 7.92. The number of hydrogen-bond donors (Lipinski definition) is 2. The number of methoxy groups -OCH3 is 1. The van der Waals surface area contributed by atoms with Crippen LogP contribution in [-0.4, -0.2) is 41.4 Å². The second-order valence-electron chi connectivity index (χ2n) is 3.98. The molecule has 0 aliphatic rings. The molecule has 0 aromatic carbocycles. The first-order chi connectivity index (χ1) is 9.85. The van der Waals surface area contributed by atoms with Crippen molar-refractivity contribution in [2.45, 2.75) is 4.90 Å². The van der Waals surface area contributed by atoms with Crippen LogP contribution in [0, 0.1) is 0 Å². The van der Waals surface area contributed by atoms with Gasteiger partial charge in [-0.1, -0.05) is 0 Å². The van der Waals surface area contributed by atoms with Gasteiger partial charge in [-0.25, -0.2) is 18.2 Å². The summed E-state index contributed by atoms with van der Waals surface area (Å²) in [5.74, 6) is -1.03. The van der Waals surface area contributed by atoms with E-state index < -0.39 is 16.0 Å². The van der Waals surface area contributed by atoms with Gasteiger partial charge >= 0.3 is 5.97 Å². The molecule has 0 spiro atoms. The molecule has 112 valence electrons. The third-order valence-electron chi connectivity index (χ3n) is 2.61. The lowest BCUT2D eigenvalue weighted by atomic mass is 10.4. The third-order valence-corrected chi connectivity index (χ3v) is 3.97. The largest absolute Gasteiger partial charge is 0.481 e. The van der Waals surface area contributed by atoms with Crippen molar-refractivity contribution in [1.29, 1.82) is 0 Å². The van der Waals surface area contributed by atoms with Gasteiger partial charge in [0.2, 0.25) is 5.88 Å². The summed E-state index contributed by atoms with van der Waals surface area (Å²) in [5, 5.41) is 12.8. The summed E-state index contributed by atoms with van der Waals surface area (Å²) in [4.78, 5) is 14.8. The molecule has 0 aliphatic heterocycles. The number of aromatic carboxylic acids is 1. The molecular weight excluding hydrogens is 300 g/mol. The number of aromatic nitrogens is 3. The van der Waals surface area contributed by atoms with Gasteiger partial charge in [0.15, 0.2) is 5.69 Å². The monoisotopic (exact) mass is 312 g/mol. The number of hydrogen-bond acceptors (Lipinski definition) is 6. The summed E-state index contributed by atoms with van der Waals surface area (Å²) in [6.07, 6.45) is 2.23. The Morgan fingerprint density at radius 2 is 2.10 bits per heavy atom. The molecule has 0 saturated carbocycles. The number of ether oxygens (including phenoxy) is 1. The number of carboxylic acid groups (broad SMARTS) is 1. The maximum absolute atomic E-state index is 12.2. The van der Waals surface area contributed by atoms with Crippen LogP contribution in [0.1, 0.15) is 10.5 Å². The standard InChI is InChI=1S/C11H12N4O5S/c1-15-10(11(16)17)8(6-13-15)14-21(18,19)7-3-4-9(20-2)12-5-7/h3-6,14H,1-2H3,(H,16,17). The molecule has 0 amide bonds. The average molecular weight is 312 g/mol. The van der Waals surface area contributed by atoms with Gasteiger partial charge in [-0.2, -0.15) is 5.10 Å². The van der Waals surface area contributed by atoms with Crippen LogP contribution in [0.5, 0.6) is 5.88 Å². The summed E-state index contributed by atoms with van der Waals surface area (Å²) in [5.41, 5.74) is -0.388. The zero-order valence-electron chi connectivity index (χ0n) is 11.1. The molecule has 0 unspecified atom stereocenters. The van der Waals surface area contributed by atoms with E-state index in [1.807, 2.05) is 0 Å². The normalized spacial score (nSPS) is 11.1.